The molecule has 25 heavy (non-hydrogen) atoms. The summed E-state index contributed by atoms with van der Waals surface area (Å²) in [6.07, 6.45) is 11.3. The van der Waals surface area contributed by atoms with Crippen LogP contribution in [0.15, 0.2) is 16.8 Å². The van der Waals surface area contributed by atoms with Crippen molar-refractivity contribution in [1.29, 1.82) is 5.41 Å². The van der Waals surface area contributed by atoms with Gasteiger partial charge in [0.15, 0.2) is 0 Å². The van der Waals surface area contributed by atoms with Gasteiger partial charge >= 0.3 is 0 Å². The Balaban J connectivity index is 1.60. The highest BCUT2D eigenvalue weighted by Gasteiger charge is 2.58. The Morgan fingerprint density at radius 3 is 2.76 bits per heavy atom. The lowest BCUT2D eigenvalue weighted by atomic mass is 9.47. The number of guanidine groups is 1. The SMILES string of the molecule is C[C@]12CC[C@H]3[C@@H](CCC4=CC(=NNC(=N)N)CC[C@@]43C)[C@H]1CC[C@@H]2O. The van der Waals surface area contributed by atoms with Crippen molar-refractivity contribution in [3.8, 4) is 0 Å². The summed E-state index contributed by atoms with van der Waals surface area (Å²) in [5.74, 6) is 2.12. The van der Waals surface area contributed by atoms with Crippen molar-refractivity contribution < 1.29 is 5.11 Å². The second kappa shape index (κ2) is 5.83. The predicted molar refractivity (Wildman–Crippen MR) is 100 cm³/mol. The van der Waals surface area contributed by atoms with Crippen LogP contribution in [0, 0.1) is 34.0 Å². The topological polar surface area (TPSA) is 94.5 Å². The molecule has 6 atom stereocenters. The van der Waals surface area contributed by atoms with Gasteiger partial charge in [0, 0.05) is 0 Å². The standard InChI is InChI=1S/C20H32N4O/c1-19-9-7-13(23-24-18(21)22)11-12(19)3-4-14-15-5-6-17(25)20(15,2)10-8-16(14)19/h11,14-17,25H,3-10H2,1-2H3,(H4,21,22,24)/t14-,15+,16-,17-,19-,20-/m0/s1. The average molecular weight is 345 g/mol. The van der Waals surface area contributed by atoms with Crippen molar-refractivity contribution in [3.05, 3.63) is 11.6 Å². The maximum atomic E-state index is 10.5. The fourth-order valence-electron chi connectivity index (χ4n) is 6.76. The van der Waals surface area contributed by atoms with Crippen LogP contribution in [0.4, 0.5) is 0 Å². The molecule has 0 spiro atoms. The molecule has 3 saturated carbocycles. The molecule has 0 aromatic heterocycles. The number of nitrogens with two attached hydrogens (primary N) is 1. The summed E-state index contributed by atoms with van der Waals surface area (Å²) in [5.41, 5.74) is 11.0. The zero-order valence-electron chi connectivity index (χ0n) is 15.5. The second-order valence-corrected chi connectivity index (χ2v) is 9.27. The lowest BCUT2D eigenvalue weighted by molar-refractivity contribution is -0.0721. The fourth-order valence-corrected chi connectivity index (χ4v) is 6.76. The molecule has 4 aliphatic rings. The molecule has 0 saturated heterocycles. The molecular weight excluding hydrogens is 312 g/mol. The van der Waals surface area contributed by atoms with Crippen LogP contribution in [-0.2, 0) is 0 Å². The van der Waals surface area contributed by atoms with Gasteiger partial charge in [-0.15, -0.1) is 0 Å². The van der Waals surface area contributed by atoms with Gasteiger partial charge < -0.3 is 10.8 Å². The van der Waals surface area contributed by atoms with Crippen molar-refractivity contribution in [2.75, 3.05) is 0 Å². The molecule has 0 aliphatic heterocycles. The lowest BCUT2D eigenvalue weighted by Crippen LogP contribution is -2.51. The largest absolute Gasteiger partial charge is 0.393 e. The van der Waals surface area contributed by atoms with Gasteiger partial charge in [0.05, 0.1) is 11.8 Å². The Morgan fingerprint density at radius 1 is 1.20 bits per heavy atom. The van der Waals surface area contributed by atoms with E-state index < -0.39 is 0 Å². The summed E-state index contributed by atoms with van der Waals surface area (Å²) in [7, 11) is 0. The molecular formula is C20H32N4O. The van der Waals surface area contributed by atoms with Gasteiger partial charge in [-0.1, -0.05) is 19.4 Å². The quantitative estimate of drug-likeness (QED) is 0.334. The van der Waals surface area contributed by atoms with Gasteiger partial charge in [0.2, 0.25) is 5.96 Å². The Bertz CT molecular complexity index is 642. The van der Waals surface area contributed by atoms with Crippen molar-refractivity contribution in [2.24, 2.45) is 39.4 Å². The number of aliphatic hydroxyl groups excluding tert-OH is 1. The number of aliphatic hydroxyl groups is 1. The van der Waals surface area contributed by atoms with E-state index in [9.17, 15) is 5.11 Å². The third kappa shape index (κ3) is 2.54. The van der Waals surface area contributed by atoms with Gasteiger partial charge in [0.1, 0.15) is 0 Å². The van der Waals surface area contributed by atoms with Crippen molar-refractivity contribution in [3.63, 3.8) is 0 Å². The monoisotopic (exact) mass is 344 g/mol. The zero-order chi connectivity index (χ0) is 17.8. The Hall–Kier alpha value is -1.36. The normalized spacial score (nSPS) is 47.5. The molecule has 138 valence electrons. The van der Waals surface area contributed by atoms with E-state index in [2.05, 4.69) is 30.5 Å². The highest BCUT2D eigenvalue weighted by atomic mass is 16.3. The van der Waals surface area contributed by atoms with Crippen LogP contribution in [0.5, 0.6) is 0 Å². The average Bonchev–Trinajstić information content (AvgIpc) is 2.88. The number of nitrogens with one attached hydrogen (secondary N) is 2. The first kappa shape index (κ1) is 17.1. The van der Waals surface area contributed by atoms with Gasteiger partial charge in [0.25, 0.3) is 0 Å². The molecule has 3 fully saturated rings. The van der Waals surface area contributed by atoms with Gasteiger partial charge in [-0.3, -0.25) is 5.41 Å². The maximum Gasteiger partial charge on any atom is 0.206 e. The molecule has 0 amide bonds. The van der Waals surface area contributed by atoms with Crippen LogP contribution >= 0.6 is 0 Å². The molecule has 5 nitrogen and oxygen atoms in total. The Kier molecular flexibility index (Phi) is 3.98. The van der Waals surface area contributed by atoms with Gasteiger partial charge in [-0.2, -0.15) is 5.10 Å². The van der Waals surface area contributed by atoms with E-state index in [-0.39, 0.29) is 22.9 Å². The number of nitrogens with zero attached hydrogens (tertiary/aromatic N) is 1. The smallest absolute Gasteiger partial charge is 0.206 e. The number of hydrogen-bond acceptors (Lipinski definition) is 3. The Morgan fingerprint density at radius 2 is 2.00 bits per heavy atom. The van der Waals surface area contributed by atoms with Crippen molar-refractivity contribution in [2.45, 2.75) is 71.3 Å². The number of fused-ring (bicyclic) bond motifs is 5. The van der Waals surface area contributed by atoms with E-state index in [0.29, 0.717) is 5.92 Å². The molecule has 5 N–H and O–H groups in total. The number of allylic oxidation sites excluding steroid dienone is 2. The first-order valence-electron chi connectivity index (χ1n) is 9.90. The summed E-state index contributed by atoms with van der Waals surface area (Å²) in [5, 5.41) is 22.1. The number of hydrazone groups is 1. The molecule has 0 unspecified atom stereocenters. The molecule has 4 rings (SSSR count). The zero-order valence-corrected chi connectivity index (χ0v) is 15.5. The van der Waals surface area contributed by atoms with E-state index >= 15 is 0 Å². The molecule has 4 aliphatic carbocycles. The van der Waals surface area contributed by atoms with Crippen molar-refractivity contribution in [1.82, 2.24) is 5.43 Å². The highest BCUT2D eigenvalue weighted by molar-refractivity contribution is 5.97. The Labute approximate surface area is 150 Å². The van der Waals surface area contributed by atoms with E-state index in [4.69, 9.17) is 11.1 Å². The van der Waals surface area contributed by atoms with E-state index in [1.54, 1.807) is 5.57 Å². The predicted octanol–water partition coefficient (Wildman–Crippen LogP) is 3.15. The molecule has 0 aromatic carbocycles. The lowest BCUT2D eigenvalue weighted by Gasteiger charge is -2.57. The van der Waals surface area contributed by atoms with Crippen LogP contribution in [0.1, 0.15) is 65.2 Å². The van der Waals surface area contributed by atoms with Gasteiger partial charge in [-0.25, -0.2) is 5.43 Å². The number of rotatable bonds is 1. The summed E-state index contributed by atoms with van der Waals surface area (Å²) in [6, 6.07) is 0. The van der Waals surface area contributed by atoms with E-state index in [1.165, 1.54) is 25.7 Å². The minimum absolute atomic E-state index is 0.0917. The van der Waals surface area contributed by atoms with E-state index in [0.717, 1.165) is 43.2 Å². The highest BCUT2D eigenvalue weighted by Crippen LogP contribution is 2.65. The molecule has 0 radical (unpaired) electrons. The minimum atomic E-state index is -0.102. The third-order valence-electron chi connectivity index (χ3n) is 8.25. The molecule has 5 heteroatoms. The maximum absolute atomic E-state index is 10.5. The first-order chi connectivity index (χ1) is 11.8. The van der Waals surface area contributed by atoms with Crippen molar-refractivity contribution >= 4 is 11.7 Å². The van der Waals surface area contributed by atoms with Gasteiger partial charge in [-0.05, 0) is 86.0 Å². The summed E-state index contributed by atoms with van der Waals surface area (Å²) in [4.78, 5) is 0. The molecule has 0 bridgehead atoms. The van der Waals surface area contributed by atoms with Crippen LogP contribution in [0.3, 0.4) is 0 Å². The fraction of sp³-hybridized carbons (Fsp3) is 0.800. The summed E-state index contributed by atoms with van der Waals surface area (Å²) >= 11 is 0. The molecule has 0 heterocycles. The first-order valence-corrected chi connectivity index (χ1v) is 9.90. The number of hydrogen-bond donors (Lipinski definition) is 4. The molecule has 0 aromatic rings. The third-order valence-corrected chi connectivity index (χ3v) is 8.25. The summed E-state index contributed by atoms with van der Waals surface area (Å²) < 4.78 is 0. The minimum Gasteiger partial charge on any atom is -0.393 e. The van der Waals surface area contributed by atoms with Crippen LogP contribution < -0.4 is 11.2 Å². The van der Waals surface area contributed by atoms with Crippen LogP contribution in [0.25, 0.3) is 0 Å². The second-order valence-electron chi connectivity index (χ2n) is 9.27. The van der Waals surface area contributed by atoms with Crippen LogP contribution in [-0.4, -0.2) is 22.9 Å². The summed E-state index contributed by atoms with van der Waals surface area (Å²) in [6.45, 7) is 4.82. The van der Waals surface area contributed by atoms with E-state index in [1.807, 2.05) is 0 Å². The van der Waals surface area contributed by atoms with Crippen LogP contribution in [0.2, 0.25) is 0 Å².